The van der Waals surface area contributed by atoms with Crippen molar-refractivity contribution in [3.8, 4) is 0 Å². The molecule has 0 atom stereocenters. The minimum atomic E-state index is -0.269. The van der Waals surface area contributed by atoms with Crippen LogP contribution in [0, 0.1) is 23.6 Å². The van der Waals surface area contributed by atoms with Gasteiger partial charge in [0.1, 0.15) is 11.6 Å². The number of aromatic nitrogens is 2. The van der Waals surface area contributed by atoms with E-state index in [1.807, 2.05) is 6.07 Å². The van der Waals surface area contributed by atoms with Gasteiger partial charge in [0.25, 0.3) is 0 Å². The maximum atomic E-state index is 13.7. The van der Waals surface area contributed by atoms with Crippen LogP contribution in [0.25, 0.3) is 11.0 Å². The summed E-state index contributed by atoms with van der Waals surface area (Å²) < 4.78 is 16.4. The maximum Gasteiger partial charge on any atom is 0.139 e. The minimum Gasteiger partial charge on any atom is -0.327 e. The Bertz CT molecular complexity index is 679. The van der Waals surface area contributed by atoms with Gasteiger partial charge in [0, 0.05) is 12.6 Å². The molecule has 2 fully saturated rings. The summed E-state index contributed by atoms with van der Waals surface area (Å²) >= 11 is 9.35. The van der Waals surface area contributed by atoms with Crippen LogP contribution >= 0.6 is 27.5 Å². The molecule has 1 heterocycles. The first-order valence-electron chi connectivity index (χ1n) is 7.57. The Kier molecular flexibility index (Phi) is 3.49. The fourth-order valence-corrected chi connectivity index (χ4v) is 3.95. The second-order valence-corrected chi connectivity index (χ2v) is 7.49. The molecule has 5 heteroatoms. The van der Waals surface area contributed by atoms with Crippen LogP contribution in [-0.4, -0.2) is 9.55 Å². The smallest absolute Gasteiger partial charge is 0.139 e. The molecule has 2 aromatic rings. The van der Waals surface area contributed by atoms with E-state index >= 15 is 0 Å². The highest BCUT2D eigenvalue weighted by Crippen LogP contribution is 2.50. The predicted molar refractivity (Wildman–Crippen MR) is 85.9 cm³/mol. The maximum absolute atomic E-state index is 13.7. The summed E-state index contributed by atoms with van der Waals surface area (Å²) in [6, 6.07) is 3.33. The molecular weight excluding hydrogens is 355 g/mol. The SMILES string of the molecule is Fc1cc2nc(CCl)n(CC(C3CC3)C3CC3)c2cc1Br. The van der Waals surface area contributed by atoms with E-state index < -0.39 is 0 Å². The number of alkyl halides is 1. The molecule has 0 unspecified atom stereocenters. The third-order valence-corrected chi connectivity index (χ3v) is 5.68. The Morgan fingerprint density at radius 3 is 2.52 bits per heavy atom. The fourth-order valence-electron chi connectivity index (χ4n) is 3.42. The molecule has 0 radical (unpaired) electrons. The second-order valence-electron chi connectivity index (χ2n) is 6.37. The van der Waals surface area contributed by atoms with Crippen molar-refractivity contribution >= 4 is 38.6 Å². The standard InChI is InChI=1S/C16H17BrClFN2/c17-12-5-15-14(6-13(12)19)20-16(7-18)21(15)8-11(9-1-2-9)10-3-4-10/h5-6,9-11H,1-4,7-8H2. The molecule has 4 rings (SSSR count). The summed E-state index contributed by atoms with van der Waals surface area (Å²) in [5, 5.41) is 0. The number of nitrogens with zero attached hydrogens (tertiary/aromatic N) is 2. The highest BCUT2D eigenvalue weighted by molar-refractivity contribution is 9.10. The van der Waals surface area contributed by atoms with Crippen molar-refractivity contribution < 1.29 is 4.39 Å². The van der Waals surface area contributed by atoms with Gasteiger partial charge in [-0.1, -0.05) is 0 Å². The number of imidazole rings is 1. The van der Waals surface area contributed by atoms with Crippen molar-refractivity contribution in [1.29, 1.82) is 0 Å². The van der Waals surface area contributed by atoms with E-state index in [0.29, 0.717) is 15.9 Å². The quantitative estimate of drug-likeness (QED) is 0.668. The number of fused-ring (bicyclic) bond motifs is 1. The Hall–Kier alpha value is -0.610. The Labute approximate surface area is 136 Å². The summed E-state index contributed by atoms with van der Waals surface area (Å²) in [6.45, 7) is 0.978. The first kappa shape index (κ1) is 14.0. The molecule has 2 nitrogen and oxygen atoms in total. The average Bonchev–Trinajstić information content (AvgIpc) is 3.35. The molecule has 2 saturated carbocycles. The lowest BCUT2D eigenvalue weighted by molar-refractivity contribution is 0.350. The number of halogens is 3. The molecule has 21 heavy (non-hydrogen) atoms. The zero-order valence-corrected chi connectivity index (χ0v) is 14.0. The van der Waals surface area contributed by atoms with Crippen molar-refractivity contribution in [2.45, 2.75) is 38.1 Å². The molecule has 0 spiro atoms. The van der Waals surface area contributed by atoms with Gasteiger partial charge in [0.05, 0.1) is 21.4 Å². The Balaban J connectivity index is 1.76. The third-order valence-electron chi connectivity index (χ3n) is 4.84. The molecule has 112 valence electrons. The van der Waals surface area contributed by atoms with Crippen LogP contribution < -0.4 is 0 Å². The average molecular weight is 372 g/mol. The van der Waals surface area contributed by atoms with Gasteiger partial charge in [-0.3, -0.25) is 0 Å². The molecule has 1 aromatic carbocycles. The van der Waals surface area contributed by atoms with Gasteiger partial charge >= 0.3 is 0 Å². The van der Waals surface area contributed by atoms with Crippen molar-refractivity contribution in [3.05, 3.63) is 28.2 Å². The summed E-state index contributed by atoms with van der Waals surface area (Å²) in [4.78, 5) is 4.52. The lowest BCUT2D eigenvalue weighted by Gasteiger charge is -2.18. The molecule has 0 N–H and O–H groups in total. The number of hydrogen-bond acceptors (Lipinski definition) is 1. The third kappa shape index (κ3) is 2.61. The highest BCUT2D eigenvalue weighted by atomic mass is 79.9. The summed E-state index contributed by atoms with van der Waals surface area (Å²) in [5.41, 5.74) is 1.70. The first-order chi connectivity index (χ1) is 10.2. The molecule has 2 aliphatic rings. The van der Waals surface area contributed by atoms with Gasteiger partial charge in [-0.2, -0.15) is 0 Å². The monoisotopic (exact) mass is 370 g/mol. The zero-order chi connectivity index (χ0) is 14.6. The number of hydrogen-bond donors (Lipinski definition) is 0. The van der Waals surface area contributed by atoms with Crippen LogP contribution in [0.3, 0.4) is 0 Å². The molecular formula is C16H17BrClFN2. The number of rotatable bonds is 5. The van der Waals surface area contributed by atoms with Gasteiger partial charge in [-0.15, -0.1) is 11.6 Å². The van der Waals surface area contributed by atoms with Gasteiger partial charge in [0.2, 0.25) is 0 Å². The molecule has 0 saturated heterocycles. The van der Waals surface area contributed by atoms with E-state index in [0.717, 1.165) is 35.6 Å². The zero-order valence-electron chi connectivity index (χ0n) is 11.7. The van der Waals surface area contributed by atoms with Crippen molar-refractivity contribution in [3.63, 3.8) is 0 Å². The number of benzene rings is 1. The van der Waals surface area contributed by atoms with Gasteiger partial charge in [-0.25, -0.2) is 9.37 Å². The molecule has 1 aromatic heterocycles. The summed E-state index contributed by atoms with van der Waals surface area (Å²) in [6.07, 6.45) is 5.45. The minimum absolute atomic E-state index is 0.269. The molecule has 0 amide bonds. The first-order valence-corrected chi connectivity index (χ1v) is 8.90. The normalized spacial score (nSPS) is 18.9. The topological polar surface area (TPSA) is 17.8 Å². The molecule has 0 aliphatic heterocycles. The molecule has 0 bridgehead atoms. The Morgan fingerprint density at radius 2 is 1.95 bits per heavy atom. The van der Waals surface area contributed by atoms with E-state index in [1.54, 1.807) is 0 Å². The van der Waals surface area contributed by atoms with Crippen molar-refractivity contribution in [2.75, 3.05) is 0 Å². The van der Waals surface area contributed by atoms with Gasteiger partial charge in [-0.05, 0) is 65.4 Å². The van der Waals surface area contributed by atoms with Crippen LogP contribution in [0.5, 0.6) is 0 Å². The molecule has 2 aliphatic carbocycles. The van der Waals surface area contributed by atoms with E-state index in [4.69, 9.17) is 11.6 Å². The van der Waals surface area contributed by atoms with Crippen molar-refractivity contribution in [1.82, 2.24) is 9.55 Å². The van der Waals surface area contributed by atoms with E-state index in [9.17, 15) is 4.39 Å². The van der Waals surface area contributed by atoms with E-state index in [2.05, 4.69) is 25.5 Å². The lowest BCUT2D eigenvalue weighted by atomic mass is 9.98. The van der Waals surface area contributed by atoms with Crippen LogP contribution in [-0.2, 0) is 12.4 Å². The summed E-state index contributed by atoms with van der Waals surface area (Å²) in [5.74, 6) is 3.46. The van der Waals surface area contributed by atoms with Gasteiger partial charge < -0.3 is 4.57 Å². The largest absolute Gasteiger partial charge is 0.327 e. The Morgan fingerprint density at radius 1 is 1.29 bits per heavy atom. The van der Waals surface area contributed by atoms with Gasteiger partial charge in [0.15, 0.2) is 0 Å². The van der Waals surface area contributed by atoms with Crippen LogP contribution in [0.4, 0.5) is 4.39 Å². The lowest BCUT2D eigenvalue weighted by Crippen LogP contribution is -2.16. The van der Waals surface area contributed by atoms with E-state index in [-0.39, 0.29) is 5.82 Å². The highest BCUT2D eigenvalue weighted by Gasteiger charge is 2.41. The van der Waals surface area contributed by atoms with Crippen LogP contribution in [0.15, 0.2) is 16.6 Å². The predicted octanol–water partition coefficient (Wildman–Crippen LogP) is 5.11. The van der Waals surface area contributed by atoms with Crippen LogP contribution in [0.2, 0.25) is 0 Å². The summed E-state index contributed by atoms with van der Waals surface area (Å²) in [7, 11) is 0. The van der Waals surface area contributed by atoms with E-state index in [1.165, 1.54) is 31.7 Å². The fraction of sp³-hybridized carbons (Fsp3) is 0.562. The van der Waals surface area contributed by atoms with Crippen LogP contribution in [0.1, 0.15) is 31.5 Å². The van der Waals surface area contributed by atoms with Crippen molar-refractivity contribution in [2.24, 2.45) is 17.8 Å². The second kappa shape index (κ2) is 5.24.